The Balaban J connectivity index is 1.33. The first kappa shape index (κ1) is 33.4. The van der Waals surface area contributed by atoms with E-state index in [1.807, 2.05) is 11.0 Å². The van der Waals surface area contributed by atoms with Gasteiger partial charge < -0.3 is 20.1 Å². The zero-order valence-corrected chi connectivity index (χ0v) is 28.4. The zero-order valence-electron chi connectivity index (χ0n) is 26.8. The van der Waals surface area contributed by atoms with Crippen LogP contribution in [0, 0.1) is 23.0 Å². The number of hydrogen-bond acceptors (Lipinski definition) is 10. The lowest BCUT2D eigenvalue weighted by molar-refractivity contribution is 0.0911. The molecule has 50 heavy (non-hydrogen) atoms. The molecule has 8 rings (SSSR count). The second-order valence-electron chi connectivity index (χ2n) is 13.5. The van der Waals surface area contributed by atoms with Crippen LogP contribution in [0.4, 0.5) is 32.8 Å². The monoisotopic (exact) mass is 733 g/mol. The smallest absolute Gasteiger partial charge is 0.319 e. The number of nitrogen functional groups attached to an aromatic ring is 1. The lowest BCUT2D eigenvalue weighted by atomic mass is 9.95. The van der Waals surface area contributed by atoms with Gasteiger partial charge in [0.05, 0.1) is 39.4 Å². The van der Waals surface area contributed by atoms with Crippen LogP contribution in [0.15, 0.2) is 12.1 Å². The molecule has 0 amide bonds. The largest absolute Gasteiger partial charge is 0.491 e. The van der Waals surface area contributed by atoms with Crippen molar-refractivity contribution in [2.75, 3.05) is 63.1 Å². The van der Waals surface area contributed by atoms with Crippen molar-refractivity contribution in [3.63, 3.8) is 0 Å². The Kier molecular flexibility index (Phi) is 8.56. The van der Waals surface area contributed by atoms with Crippen LogP contribution in [0.2, 0.25) is 5.02 Å². The Morgan fingerprint density at radius 2 is 2.00 bits per heavy atom. The number of nitriles is 1. The maximum absolute atomic E-state index is 17.3. The molecule has 3 fully saturated rings. The number of nitrogens with zero attached hydrogens (tertiary/aromatic N) is 6. The van der Waals surface area contributed by atoms with Gasteiger partial charge in [-0.3, -0.25) is 9.80 Å². The first-order valence-corrected chi connectivity index (χ1v) is 17.8. The average Bonchev–Trinajstić information content (AvgIpc) is 3.67. The summed E-state index contributed by atoms with van der Waals surface area (Å²) in [5, 5.41) is 10.2. The number of halogens is 6. The predicted molar refractivity (Wildman–Crippen MR) is 181 cm³/mol. The number of rotatable bonds is 6. The Morgan fingerprint density at radius 3 is 2.80 bits per heavy atom. The van der Waals surface area contributed by atoms with E-state index in [9.17, 15) is 18.4 Å². The van der Waals surface area contributed by atoms with Gasteiger partial charge in [-0.25, -0.2) is 22.0 Å². The third-order valence-electron chi connectivity index (χ3n) is 10.6. The maximum atomic E-state index is 17.3. The summed E-state index contributed by atoms with van der Waals surface area (Å²) in [6.45, 7) is 2.01. The van der Waals surface area contributed by atoms with E-state index in [0.717, 1.165) is 36.8 Å². The normalized spacial score (nSPS) is 24.2. The van der Waals surface area contributed by atoms with Gasteiger partial charge in [-0.1, -0.05) is 17.7 Å². The third kappa shape index (κ3) is 5.46. The minimum Gasteiger partial charge on any atom is -0.491 e. The summed E-state index contributed by atoms with van der Waals surface area (Å²) in [6, 6.07) is 4.20. The Morgan fingerprint density at radius 1 is 1.16 bits per heavy atom. The van der Waals surface area contributed by atoms with E-state index < -0.39 is 29.8 Å². The summed E-state index contributed by atoms with van der Waals surface area (Å²) in [5.41, 5.74) is 5.36. The van der Waals surface area contributed by atoms with Gasteiger partial charge in [-0.05, 0) is 37.4 Å². The highest BCUT2D eigenvalue weighted by atomic mass is 35.5. The number of alkyl halides is 3. The molecule has 0 spiro atoms. The van der Waals surface area contributed by atoms with E-state index >= 15 is 8.78 Å². The van der Waals surface area contributed by atoms with Crippen LogP contribution in [-0.2, 0) is 0 Å². The van der Waals surface area contributed by atoms with Crippen LogP contribution >= 0.6 is 22.9 Å². The van der Waals surface area contributed by atoms with E-state index in [1.165, 1.54) is 6.07 Å². The van der Waals surface area contributed by atoms with Gasteiger partial charge >= 0.3 is 6.01 Å². The second kappa shape index (κ2) is 12.8. The summed E-state index contributed by atoms with van der Waals surface area (Å²) in [4.78, 5) is 15.1. The highest BCUT2D eigenvalue weighted by molar-refractivity contribution is 7.23. The highest BCUT2D eigenvalue weighted by Crippen LogP contribution is 2.51. The summed E-state index contributed by atoms with van der Waals surface area (Å²) < 4.78 is 86.3. The van der Waals surface area contributed by atoms with E-state index in [0.29, 0.717) is 45.4 Å². The molecule has 3 saturated heterocycles. The highest BCUT2D eigenvalue weighted by Gasteiger charge is 2.49. The SMILES string of the molecule is N#Cc1c(N)sc2c(F)ccc(-c3c(Cl)c4c5c(nc(OC[C@@]67CCCN6C[C@H](F)C7)nc5c3F)N3CCN(CC(F)F)CCC3CCO4)c12. The molecule has 0 bridgehead atoms. The van der Waals surface area contributed by atoms with Crippen LogP contribution in [0.1, 0.15) is 37.7 Å². The van der Waals surface area contributed by atoms with Crippen molar-refractivity contribution in [2.45, 2.75) is 56.3 Å². The molecule has 3 atom stereocenters. The molecule has 4 aromatic rings. The summed E-state index contributed by atoms with van der Waals surface area (Å²) in [7, 11) is 0. The van der Waals surface area contributed by atoms with Crippen molar-refractivity contribution in [3.05, 3.63) is 34.4 Å². The molecule has 6 heterocycles. The van der Waals surface area contributed by atoms with Crippen LogP contribution in [0.3, 0.4) is 0 Å². The second-order valence-corrected chi connectivity index (χ2v) is 14.9. The van der Waals surface area contributed by atoms with Crippen LogP contribution in [0.25, 0.3) is 32.1 Å². The number of fused-ring (bicyclic) bond motifs is 4. The molecule has 0 aliphatic carbocycles. The fourth-order valence-electron chi connectivity index (χ4n) is 8.32. The van der Waals surface area contributed by atoms with E-state index in [-0.39, 0.29) is 91.1 Å². The van der Waals surface area contributed by atoms with Crippen molar-refractivity contribution in [1.82, 2.24) is 19.8 Å². The number of thiophene rings is 1. The lowest BCUT2D eigenvalue weighted by Crippen LogP contribution is -2.43. The molecule has 2 aromatic heterocycles. The van der Waals surface area contributed by atoms with Crippen LogP contribution in [0.5, 0.6) is 11.8 Å². The van der Waals surface area contributed by atoms with Crippen molar-refractivity contribution < 1.29 is 31.4 Å². The summed E-state index contributed by atoms with van der Waals surface area (Å²) >= 11 is 7.92. The molecule has 0 radical (unpaired) electrons. The number of benzene rings is 2. The van der Waals surface area contributed by atoms with Gasteiger partial charge in [0.25, 0.3) is 6.43 Å². The van der Waals surface area contributed by atoms with Crippen molar-refractivity contribution in [1.29, 1.82) is 5.26 Å². The Labute approximate surface area is 293 Å². The predicted octanol–water partition coefficient (Wildman–Crippen LogP) is 6.78. The fourth-order valence-corrected chi connectivity index (χ4v) is 9.60. The number of anilines is 2. The van der Waals surface area contributed by atoms with Gasteiger partial charge in [-0.15, -0.1) is 11.3 Å². The van der Waals surface area contributed by atoms with Crippen molar-refractivity contribution in [2.24, 2.45) is 0 Å². The average molecular weight is 734 g/mol. The first-order valence-electron chi connectivity index (χ1n) is 16.6. The number of hydrogen-bond donors (Lipinski definition) is 1. The fraction of sp³-hybridized carbons (Fsp3) is 0.500. The first-order chi connectivity index (χ1) is 24.1. The summed E-state index contributed by atoms with van der Waals surface area (Å²) in [6.07, 6.45) is -0.531. The molecule has 4 aliphatic heterocycles. The molecule has 264 valence electrons. The van der Waals surface area contributed by atoms with Gasteiger partial charge in [0.15, 0.2) is 11.6 Å². The van der Waals surface area contributed by atoms with Gasteiger partial charge in [-0.2, -0.15) is 15.2 Å². The Hall–Kier alpha value is -3.71. The number of ether oxygens (including phenoxy) is 2. The molecule has 1 unspecified atom stereocenters. The molecule has 0 saturated carbocycles. The van der Waals surface area contributed by atoms with E-state index in [1.54, 1.807) is 4.90 Å². The standard InChI is InChI=1S/C34H33ClF5N7O2S/c35-26-24(19-2-3-21(37)30-23(19)20(13-41)31(42)50-30)27(40)28-25-29(26)48-11-5-18-4-8-45(15-22(38)39)9-10-47(18)32(25)44-33(43-28)49-16-34-6-1-7-46(34)14-17(36)12-34/h2-3,17-18,22H,1,4-12,14-16,42H2/t17-,18?,34+/m1/s1. The Bertz CT molecular complexity index is 2050. The van der Waals surface area contributed by atoms with E-state index in [2.05, 4.69) is 9.88 Å². The van der Waals surface area contributed by atoms with Gasteiger partial charge in [0, 0.05) is 56.0 Å². The third-order valence-corrected chi connectivity index (χ3v) is 12.0. The molecule has 4 aliphatic rings. The molecule has 2 aromatic carbocycles. The van der Waals surface area contributed by atoms with Gasteiger partial charge in [0.1, 0.15) is 41.0 Å². The van der Waals surface area contributed by atoms with Crippen molar-refractivity contribution in [3.8, 4) is 29.0 Å². The number of aromatic nitrogens is 2. The minimum absolute atomic E-state index is 0.00471. The molecular formula is C34H33ClF5N7O2S. The number of nitrogens with two attached hydrogens (primary N) is 1. The van der Waals surface area contributed by atoms with Crippen LogP contribution in [-0.4, -0.2) is 96.4 Å². The molecular weight excluding hydrogens is 701 g/mol. The minimum atomic E-state index is -2.50. The van der Waals surface area contributed by atoms with Crippen molar-refractivity contribution >= 4 is 54.7 Å². The quantitative estimate of drug-likeness (QED) is 0.215. The lowest BCUT2D eigenvalue weighted by Gasteiger charge is -2.35. The zero-order chi connectivity index (χ0) is 34.9. The van der Waals surface area contributed by atoms with Crippen LogP contribution < -0.4 is 20.1 Å². The summed E-state index contributed by atoms with van der Waals surface area (Å²) in [5.74, 6) is -1.11. The molecule has 9 nitrogen and oxygen atoms in total. The topological polar surface area (TPSA) is 104 Å². The van der Waals surface area contributed by atoms with E-state index in [4.69, 9.17) is 31.8 Å². The molecule has 16 heteroatoms. The maximum Gasteiger partial charge on any atom is 0.319 e. The molecule has 2 N–H and O–H groups in total. The van der Waals surface area contributed by atoms with Gasteiger partial charge in [0.2, 0.25) is 0 Å².